The molecule has 2 saturated heterocycles. The zero-order valence-corrected chi connectivity index (χ0v) is 24.3. The molecule has 2 aromatic rings. The third-order valence-electron chi connectivity index (χ3n) is 6.49. The SMILES string of the molecule is C[N-]/C=C(/C#Cc1cc(C(=O)Nc2ccc(CN3CC4(CN(C)C4)C3)c(C(F)(F)F)c2)cnc1C)C=[N-].[Y]. The summed E-state index contributed by atoms with van der Waals surface area (Å²) >= 11 is 0. The summed E-state index contributed by atoms with van der Waals surface area (Å²) < 4.78 is 41.6. The molecule has 0 unspecified atom stereocenters. The molecule has 1 radical (unpaired) electrons. The van der Waals surface area contributed by atoms with Gasteiger partial charge in [0.25, 0.3) is 5.91 Å². The van der Waals surface area contributed by atoms with Crippen molar-refractivity contribution in [2.45, 2.75) is 19.6 Å². The third-order valence-corrected chi connectivity index (χ3v) is 6.49. The topological polar surface area (TPSA) is 84.9 Å². The average Bonchev–Trinajstić information content (AvgIpc) is 2.80. The van der Waals surface area contributed by atoms with E-state index in [2.05, 4.69) is 32.4 Å². The number of alkyl halides is 3. The van der Waals surface area contributed by atoms with Crippen molar-refractivity contribution in [3.8, 4) is 11.8 Å². The van der Waals surface area contributed by atoms with Gasteiger partial charge >= 0.3 is 6.18 Å². The number of benzene rings is 1. The number of anilines is 1. The molecule has 197 valence electrons. The molecule has 2 aliphatic heterocycles. The van der Waals surface area contributed by atoms with Crippen LogP contribution in [0.15, 0.2) is 42.2 Å². The van der Waals surface area contributed by atoms with E-state index < -0.39 is 17.6 Å². The molecular weight excluding hydrogens is 570 g/mol. The second-order valence-electron chi connectivity index (χ2n) is 9.72. The van der Waals surface area contributed by atoms with Crippen LogP contribution in [-0.2, 0) is 45.4 Å². The maximum absolute atomic E-state index is 13.9. The van der Waals surface area contributed by atoms with Crippen molar-refractivity contribution in [1.29, 1.82) is 0 Å². The zero-order chi connectivity index (χ0) is 26.8. The second kappa shape index (κ2) is 12.1. The minimum Gasteiger partial charge on any atom is -0.810 e. The Kier molecular flexibility index (Phi) is 9.53. The van der Waals surface area contributed by atoms with E-state index in [1.54, 1.807) is 6.92 Å². The molecule has 0 bridgehead atoms. The number of rotatable bonds is 6. The van der Waals surface area contributed by atoms with Gasteiger partial charge in [0.2, 0.25) is 0 Å². The molecule has 1 N–H and O–H groups in total. The van der Waals surface area contributed by atoms with Gasteiger partial charge in [-0.2, -0.15) is 25.6 Å². The third kappa shape index (κ3) is 6.89. The number of allylic oxidation sites excluding steroid dienone is 1. The molecule has 7 nitrogen and oxygen atoms in total. The minimum atomic E-state index is -4.55. The monoisotopic (exact) mass is 597 g/mol. The van der Waals surface area contributed by atoms with Crippen molar-refractivity contribution in [1.82, 2.24) is 14.8 Å². The van der Waals surface area contributed by atoms with Crippen LogP contribution < -0.4 is 5.32 Å². The number of nitrogens with one attached hydrogen (secondary N) is 1. The summed E-state index contributed by atoms with van der Waals surface area (Å²) in [4.78, 5) is 21.2. The van der Waals surface area contributed by atoms with E-state index in [9.17, 15) is 23.4 Å². The summed E-state index contributed by atoms with van der Waals surface area (Å²) in [5.41, 5.74) is 1.10. The normalized spacial score (nSPS) is 16.8. The van der Waals surface area contributed by atoms with E-state index in [4.69, 9.17) is 0 Å². The molecular formula is C27H27F3N6OY-2. The number of nitrogens with zero attached hydrogens (tertiary/aromatic N) is 5. The number of amides is 1. The summed E-state index contributed by atoms with van der Waals surface area (Å²) in [7, 11) is 3.57. The van der Waals surface area contributed by atoms with Crippen molar-refractivity contribution in [3.63, 3.8) is 0 Å². The van der Waals surface area contributed by atoms with Crippen LogP contribution in [0.2, 0.25) is 0 Å². The van der Waals surface area contributed by atoms with Crippen LogP contribution in [0.25, 0.3) is 10.7 Å². The molecule has 1 amide bonds. The number of hydrogen-bond acceptors (Lipinski definition) is 4. The van der Waals surface area contributed by atoms with Crippen molar-refractivity contribution in [2.75, 3.05) is 45.6 Å². The van der Waals surface area contributed by atoms with Crippen LogP contribution in [0.1, 0.15) is 32.7 Å². The van der Waals surface area contributed by atoms with Crippen LogP contribution >= 0.6 is 0 Å². The largest absolute Gasteiger partial charge is 0.810 e. The Labute approximate surface area is 245 Å². The molecule has 1 spiro atoms. The predicted molar refractivity (Wildman–Crippen MR) is 137 cm³/mol. The first-order valence-corrected chi connectivity index (χ1v) is 11.7. The quantitative estimate of drug-likeness (QED) is 0.398. The van der Waals surface area contributed by atoms with Crippen molar-refractivity contribution in [2.24, 2.45) is 5.41 Å². The summed E-state index contributed by atoms with van der Waals surface area (Å²) in [6.07, 6.45) is -1.03. The molecule has 0 aliphatic carbocycles. The smallest absolute Gasteiger partial charge is 0.416 e. The zero-order valence-electron chi connectivity index (χ0n) is 21.4. The van der Waals surface area contributed by atoms with Gasteiger partial charge in [-0.05, 0) is 43.3 Å². The van der Waals surface area contributed by atoms with Gasteiger partial charge in [-0.1, -0.05) is 17.9 Å². The van der Waals surface area contributed by atoms with E-state index in [1.807, 2.05) is 11.9 Å². The predicted octanol–water partition coefficient (Wildman–Crippen LogP) is 4.29. The van der Waals surface area contributed by atoms with Gasteiger partial charge < -0.3 is 20.9 Å². The number of aromatic nitrogens is 1. The molecule has 3 heterocycles. The van der Waals surface area contributed by atoms with Crippen LogP contribution in [-0.4, -0.2) is 67.2 Å². The standard InChI is InChI=1S/C27H28F3N6O.Y/c1-18-20(5-4-19(10-31)11-32-2)8-22(12-33-18)25(37)34-23-7-6-21(24(9-23)27(28,29)30)13-36-16-26(17-36)14-35(3)15-26;/h6-12H,13-17H2,1-3H3,(H2-,31,32,34,37);/q-1;/p-1. The molecule has 11 heteroatoms. The maximum atomic E-state index is 13.9. The first kappa shape index (κ1) is 30.0. The fraction of sp³-hybridized carbons (Fsp3) is 0.370. The van der Waals surface area contributed by atoms with Crippen LogP contribution in [0.4, 0.5) is 18.9 Å². The number of carbonyl (C=O) groups excluding carboxylic acids is 1. The Morgan fingerprint density at radius 1 is 1.26 bits per heavy atom. The Morgan fingerprint density at radius 2 is 1.97 bits per heavy atom. The van der Waals surface area contributed by atoms with E-state index in [1.165, 1.54) is 37.6 Å². The molecule has 4 rings (SSSR count). The van der Waals surface area contributed by atoms with Crippen molar-refractivity contribution in [3.05, 3.63) is 80.9 Å². The molecule has 1 aromatic heterocycles. The van der Waals surface area contributed by atoms with Crippen molar-refractivity contribution >= 4 is 17.8 Å². The van der Waals surface area contributed by atoms with Gasteiger partial charge in [-0.15, -0.1) is 7.05 Å². The number of hydrogen-bond donors (Lipinski definition) is 1. The Hall–Kier alpha value is -2.58. The Balaban J connectivity index is 0.00000400. The first-order valence-electron chi connectivity index (χ1n) is 11.7. The van der Waals surface area contributed by atoms with Crippen molar-refractivity contribution < 1.29 is 50.7 Å². The fourth-order valence-electron chi connectivity index (χ4n) is 4.97. The van der Waals surface area contributed by atoms with Gasteiger partial charge in [0, 0.05) is 88.3 Å². The second-order valence-corrected chi connectivity index (χ2v) is 9.72. The van der Waals surface area contributed by atoms with Crippen LogP contribution in [0.5, 0.6) is 0 Å². The number of likely N-dealkylation sites (tertiary alicyclic amines) is 2. The first-order chi connectivity index (χ1) is 17.5. The number of halogens is 3. The van der Waals surface area contributed by atoms with E-state index in [-0.39, 0.29) is 67.1 Å². The average molecular weight is 597 g/mol. The number of carbonyl (C=O) groups is 1. The molecule has 38 heavy (non-hydrogen) atoms. The van der Waals surface area contributed by atoms with Gasteiger partial charge in [0.15, 0.2) is 0 Å². The summed E-state index contributed by atoms with van der Waals surface area (Å²) in [5.74, 6) is 4.94. The maximum Gasteiger partial charge on any atom is 0.416 e. The van der Waals surface area contributed by atoms with E-state index >= 15 is 0 Å². The molecule has 2 fully saturated rings. The molecule has 0 atom stereocenters. The van der Waals surface area contributed by atoms with Gasteiger partial charge in [0.05, 0.1) is 16.8 Å². The van der Waals surface area contributed by atoms with Crippen LogP contribution in [0.3, 0.4) is 0 Å². The molecule has 1 aromatic carbocycles. The minimum absolute atomic E-state index is 0. The fourth-order valence-corrected chi connectivity index (χ4v) is 4.97. The Bertz CT molecular complexity index is 1300. The summed E-state index contributed by atoms with van der Waals surface area (Å²) in [6.45, 7) is 5.46. The van der Waals surface area contributed by atoms with E-state index in [0.717, 1.165) is 38.5 Å². The number of pyridine rings is 1. The van der Waals surface area contributed by atoms with Gasteiger partial charge in [0.1, 0.15) is 0 Å². The van der Waals surface area contributed by atoms with Crippen LogP contribution in [0, 0.1) is 24.2 Å². The van der Waals surface area contributed by atoms with E-state index in [0.29, 0.717) is 11.3 Å². The molecule has 0 saturated carbocycles. The molecule has 2 aliphatic rings. The van der Waals surface area contributed by atoms with Gasteiger partial charge in [-0.3, -0.25) is 14.7 Å². The van der Waals surface area contributed by atoms with Gasteiger partial charge in [-0.25, -0.2) is 0 Å². The summed E-state index contributed by atoms with van der Waals surface area (Å²) in [6, 6.07) is 5.39. The summed E-state index contributed by atoms with van der Waals surface area (Å²) in [5, 5.41) is 15.5. The number of aryl methyl sites for hydroxylation is 1. The Morgan fingerprint density at radius 3 is 2.58 bits per heavy atom.